The van der Waals surface area contributed by atoms with E-state index in [4.69, 9.17) is 0 Å². The number of nitrogens with one attached hydrogen (secondary N) is 1. The normalized spacial score (nSPS) is 17.0. The van der Waals surface area contributed by atoms with Crippen LogP contribution in [-0.2, 0) is 0 Å². The van der Waals surface area contributed by atoms with E-state index in [0.29, 0.717) is 11.6 Å². The van der Waals surface area contributed by atoms with Crippen LogP contribution in [0.2, 0.25) is 0 Å². The maximum atomic E-state index is 11.7. The van der Waals surface area contributed by atoms with Crippen molar-refractivity contribution in [1.82, 2.24) is 10.9 Å². The number of amides is 1. The van der Waals surface area contributed by atoms with Crippen molar-refractivity contribution in [2.75, 3.05) is 0 Å². The van der Waals surface area contributed by atoms with Crippen molar-refractivity contribution in [2.45, 2.75) is 38.1 Å². The predicted molar refractivity (Wildman–Crippen MR) is 62.9 cm³/mol. The summed E-state index contributed by atoms with van der Waals surface area (Å²) in [4.78, 5) is 11.7. The van der Waals surface area contributed by atoms with Crippen LogP contribution in [0.15, 0.2) is 30.3 Å². The van der Waals surface area contributed by atoms with Gasteiger partial charge in [-0.25, -0.2) is 0 Å². The molecule has 0 bridgehead atoms. The van der Waals surface area contributed by atoms with Gasteiger partial charge < -0.3 is 0 Å². The predicted octanol–water partition coefficient (Wildman–Crippen LogP) is 2.27. The summed E-state index contributed by atoms with van der Waals surface area (Å²) < 4.78 is 0. The molecule has 1 aliphatic carbocycles. The lowest BCUT2D eigenvalue weighted by molar-refractivity contribution is 0.0916. The average Bonchev–Trinajstić information content (AvgIpc) is 2.38. The van der Waals surface area contributed by atoms with Crippen LogP contribution in [0.25, 0.3) is 0 Å². The molecule has 0 saturated heterocycles. The van der Waals surface area contributed by atoms with Gasteiger partial charge in [0.2, 0.25) is 0 Å². The molecule has 1 saturated carbocycles. The Morgan fingerprint density at radius 2 is 1.81 bits per heavy atom. The molecule has 85 valence electrons. The second kappa shape index (κ2) is 5.66. The van der Waals surface area contributed by atoms with Crippen LogP contribution >= 0.6 is 0 Å². The first-order chi connectivity index (χ1) is 7.86. The molecule has 1 fully saturated rings. The summed E-state index contributed by atoms with van der Waals surface area (Å²) in [6.45, 7) is 0. The monoisotopic (exact) mass is 217 g/mol. The largest absolute Gasteiger partial charge is 0.269 e. The van der Waals surface area contributed by atoms with E-state index in [1.807, 2.05) is 18.2 Å². The number of carbonyl (C=O) groups excluding carboxylic acids is 1. The van der Waals surface area contributed by atoms with Crippen LogP contribution in [0.5, 0.6) is 0 Å². The zero-order valence-electron chi connectivity index (χ0n) is 9.36. The van der Waals surface area contributed by atoms with Gasteiger partial charge in [0.05, 0.1) is 0 Å². The smallest absolute Gasteiger partial charge is 0.266 e. The molecule has 0 heterocycles. The lowest BCUT2D eigenvalue weighted by Crippen LogP contribution is -2.39. The van der Waals surface area contributed by atoms with E-state index in [1.165, 1.54) is 19.3 Å². The molecular weight excluding hydrogens is 200 g/mol. The zero-order valence-corrected chi connectivity index (χ0v) is 9.36. The molecule has 1 aromatic carbocycles. The fourth-order valence-electron chi connectivity index (χ4n) is 2.01. The Kier molecular flexibility index (Phi) is 3.94. The molecule has 0 aromatic heterocycles. The molecule has 2 rings (SSSR count). The van der Waals surface area contributed by atoms with Gasteiger partial charge in [-0.3, -0.25) is 10.2 Å². The summed E-state index contributed by atoms with van der Waals surface area (Å²) in [5.74, 6) is -0.105. The lowest BCUT2D eigenvalue weighted by atomic mass is 9.96. The number of hydrogen-bond acceptors (Lipinski definition) is 1. The number of nitrogens with zero attached hydrogens (tertiary/aromatic N) is 1. The topological polar surface area (TPSA) is 43.2 Å². The van der Waals surface area contributed by atoms with Gasteiger partial charge in [0.1, 0.15) is 0 Å². The first kappa shape index (κ1) is 11.1. The third-order valence-electron chi connectivity index (χ3n) is 2.96. The van der Waals surface area contributed by atoms with Gasteiger partial charge in [-0.15, -0.1) is 5.43 Å². The number of carbonyl (C=O) groups is 1. The summed E-state index contributed by atoms with van der Waals surface area (Å²) in [5, 5.41) is 0. The van der Waals surface area contributed by atoms with Gasteiger partial charge in [0.15, 0.2) is 0 Å². The highest BCUT2D eigenvalue weighted by Crippen LogP contribution is 2.17. The Balaban J connectivity index is 1.79. The molecule has 3 heteroatoms. The number of hydrogen-bond donors (Lipinski definition) is 1. The Morgan fingerprint density at radius 3 is 2.50 bits per heavy atom. The van der Waals surface area contributed by atoms with Crippen LogP contribution in [0.1, 0.15) is 42.5 Å². The van der Waals surface area contributed by atoms with Crippen LogP contribution in [0.3, 0.4) is 0 Å². The van der Waals surface area contributed by atoms with Gasteiger partial charge in [-0.1, -0.05) is 37.5 Å². The van der Waals surface area contributed by atoms with Crippen molar-refractivity contribution < 1.29 is 4.79 Å². The second-order valence-electron chi connectivity index (χ2n) is 4.23. The molecule has 0 unspecified atom stereocenters. The molecule has 3 nitrogen and oxygen atoms in total. The Hall–Kier alpha value is -1.35. The quantitative estimate of drug-likeness (QED) is 0.775. The van der Waals surface area contributed by atoms with E-state index in [-0.39, 0.29) is 5.91 Å². The lowest BCUT2D eigenvalue weighted by Gasteiger charge is -2.20. The zero-order chi connectivity index (χ0) is 11.2. The first-order valence-electron chi connectivity index (χ1n) is 5.91. The number of rotatable bonds is 3. The number of benzene rings is 1. The molecule has 16 heavy (non-hydrogen) atoms. The minimum absolute atomic E-state index is 0.105. The van der Waals surface area contributed by atoms with E-state index in [1.54, 1.807) is 12.1 Å². The summed E-state index contributed by atoms with van der Waals surface area (Å²) >= 11 is 0. The Bertz CT molecular complexity index is 331. The summed E-state index contributed by atoms with van der Waals surface area (Å²) in [5.41, 5.74) is 7.58. The second-order valence-corrected chi connectivity index (χ2v) is 4.23. The van der Waals surface area contributed by atoms with Crippen molar-refractivity contribution in [1.29, 1.82) is 0 Å². The van der Waals surface area contributed by atoms with Gasteiger partial charge in [-0.2, -0.15) is 0 Å². The van der Waals surface area contributed by atoms with E-state index >= 15 is 0 Å². The van der Waals surface area contributed by atoms with E-state index < -0.39 is 0 Å². The summed E-state index contributed by atoms with van der Waals surface area (Å²) in [6, 6.07) is 9.53. The van der Waals surface area contributed by atoms with E-state index in [2.05, 4.69) is 10.9 Å². The molecule has 0 atom stereocenters. The van der Waals surface area contributed by atoms with Crippen molar-refractivity contribution in [2.24, 2.45) is 0 Å². The molecule has 0 aliphatic heterocycles. The fourth-order valence-corrected chi connectivity index (χ4v) is 2.01. The van der Waals surface area contributed by atoms with Gasteiger partial charge in [-0.05, 0) is 25.0 Å². The molecular formula is C13H17N2O. The van der Waals surface area contributed by atoms with Gasteiger partial charge in [0, 0.05) is 11.6 Å². The highest BCUT2D eigenvalue weighted by atomic mass is 16.2. The highest BCUT2D eigenvalue weighted by molar-refractivity contribution is 5.93. The van der Waals surface area contributed by atoms with E-state index in [0.717, 1.165) is 12.8 Å². The molecule has 1 radical (unpaired) electrons. The maximum Gasteiger partial charge on any atom is 0.266 e. The van der Waals surface area contributed by atoms with Crippen LogP contribution in [-0.4, -0.2) is 11.9 Å². The van der Waals surface area contributed by atoms with Gasteiger partial charge in [0.25, 0.3) is 5.91 Å². The van der Waals surface area contributed by atoms with Crippen molar-refractivity contribution in [3.63, 3.8) is 0 Å². The van der Waals surface area contributed by atoms with Gasteiger partial charge >= 0.3 is 0 Å². The first-order valence-corrected chi connectivity index (χ1v) is 5.91. The molecule has 1 amide bonds. The van der Waals surface area contributed by atoms with Crippen LogP contribution < -0.4 is 10.9 Å². The maximum absolute atomic E-state index is 11.7. The molecule has 0 spiro atoms. The summed E-state index contributed by atoms with van der Waals surface area (Å²) in [6.07, 6.45) is 5.98. The summed E-state index contributed by atoms with van der Waals surface area (Å²) in [7, 11) is 0. The van der Waals surface area contributed by atoms with Crippen LogP contribution in [0.4, 0.5) is 0 Å². The minimum atomic E-state index is -0.105. The van der Waals surface area contributed by atoms with Crippen LogP contribution in [0, 0.1) is 0 Å². The SMILES string of the molecule is O=C(N[N]C1CCCCC1)c1ccccc1. The Labute approximate surface area is 96.2 Å². The average molecular weight is 217 g/mol. The standard InChI is InChI=1S/C13H17N2O/c16-13(11-7-3-1-4-8-11)15-14-12-9-5-2-6-10-12/h1,3-4,7-8,12H,2,5-6,9-10H2,(H,15,16). The minimum Gasteiger partial charge on any atom is -0.269 e. The molecule has 1 aliphatic rings. The molecule has 1 aromatic rings. The third kappa shape index (κ3) is 3.07. The molecule has 1 N–H and O–H groups in total. The van der Waals surface area contributed by atoms with Crippen molar-refractivity contribution >= 4 is 5.91 Å². The van der Waals surface area contributed by atoms with Crippen molar-refractivity contribution in [3.05, 3.63) is 35.9 Å². The van der Waals surface area contributed by atoms with Crippen molar-refractivity contribution in [3.8, 4) is 0 Å². The Morgan fingerprint density at radius 1 is 1.12 bits per heavy atom. The third-order valence-corrected chi connectivity index (χ3v) is 2.96. The van der Waals surface area contributed by atoms with E-state index in [9.17, 15) is 4.79 Å². The fraction of sp³-hybridized carbons (Fsp3) is 0.462. The highest BCUT2D eigenvalue weighted by Gasteiger charge is 2.15.